The Morgan fingerprint density at radius 3 is 1.94 bits per heavy atom. The minimum absolute atomic E-state index is 0.0513. The van der Waals surface area contributed by atoms with E-state index in [0.717, 1.165) is 71.5 Å². The molecule has 5 heterocycles. The van der Waals surface area contributed by atoms with E-state index in [9.17, 15) is 10.1 Å². The third-order valence-electron chi connectivity index (χ3n) is 10.3. The van der Waals surface area contributed by atoms with Crippen LogP contribution in [0.4, 0.5) is 11.4 Å². The number of rotatable bonds is 5. The van der Waals surface area contributed by atoms with Crippen LogP contribution in [0.5, 0.6) is 0 Å². The number of fused-ring (bicyclic) bond motifs is 3. The van der Waals surface area contributed by atoms with Gasteiger partial charge in [0.05, 0.1) is 37.7 Å². The monoisotopic (exact) mass is 716 g/mol. The van der Waals surface area contributed by atoms with Crippen molar-refractivity contribution >= 4 is 62.3 Å². The molecule has 1 saturated heterocycles. The van der Waals surface area contributed by atoms with Crippen molar-refractivity contribution in [3.8, 4) is 0 Å². The van der Waals surface area contributed by atoms with E-state index in [1.807, 2.05) is 30.3 Å². The topological polar surface area (TPSA) is 76.2 Å². The lowest BCUT2D eigenvalue weighted by Gasteiger charge is -2.38. The number of hydrazine groups is 2. The number of thioether (sulfide) groups is 1. The molecule has 0 amide bonds. The predicted octanol–water partition coefficient (Wildman–Crippen LogP) is 7.47. The van der Waals surface area contributed by atoms with E-state index >= 15 is 0 Å². The van der Waals surface area contributed by atoms with Gasteiger partial charge in [-0.2, -0.15) is 0 Å². The number of likely N-dealkylation sites (N-methyl/N-ethyl adjacent to an activating group) is 1. The Labute approximate surface area is 311 Å². The first-order valence-corrected chi connectivity index (χ1v) is 18.2. The lowest BCUT2D eigenvalue weighted by atomic mass is 9.93. The van der Waals surface area contributed by atoms with E-state index < -0.39 is 0 Å². The van der Waals surface area contributed by atoms with E-state index in [0.29, 0.717) is 0 Å². The number of nitrogens with zero attached hydrogens (tertiary/aromatic N) is 8. The van der Waals surface area contributed by atoms with Crippen LogP contribution in [0.3, 0.4) is 0 Å². The molecule has 1 atom stereocenters. The lowest BCUT2D eigenvalue weighted by Crippen LogP contribution is -2.42. The fraction of sp³-hybridized carbons (Fsp3) is 0.119. The van der Waals surface area contributed by atoms with Crippen molar-refractivity contribution in [2.45, 2.75) is 6.04 Å². The van der Waals surface area contributed by atoms with Gasteiger partial charge in [0.25, 0.3) is 5.69 Å². The van der Waals surface area contributed by atoms with Gasteiger partial charge in [0.1, 0.15) is 20.1 Å². The smallest absolute Gasteiger partial charge is 0.269 e. The van der Waals surface area contributed by atoms with Crippen molar-refractivity contribution < 1.29 is 14.1 Å². The van der Waals surface area contributed by atoms with Crippen LogP contribution in [0, 0.1) is 10.1 Å². The number of non-ortho nitro benzene ring substituents is 1. The number of para-hydroxylation sites is 3. The summed E-state index contributed by atoms with van der Waals surface area (Å²) in [5.41, 5.74) is 8.37. The second kappa shape index (κ2) is 12.6. The first kappa shape index (κ1) is 32.4. The molecule has 9 rings (SSSR count). The number of aryl methyl sites for hydroxylation is 2. The molecule has 11 heteroatoms. The van der Waals surface area contributed by atoms with E-state index in [1.165, 1.54) is 0 Å². The molecule has 6 aromatic rings. The maximum Gasteiger partial charge on any atom is 0.269 e. The molecule has 1 unspecified atom stereocenters. The molecule has 0 aliphatic carbocycles. The number of nitro groups is 1. The van der Waals surface area contributed by atoms with Crippen molar-refractivity contribution in [1.29, 1.82) is 0 Å². The van der Waals surface area contributed by atoms with Gasteiger partial charge in [0.2, 0.25) is 11.0 Å². The number of pyridine rings is 2. The highest BCUT2D eigenvalue weighted by atomic mass is 32.2. The average Bonchev–Trinajstić information content (AvgIpc) is 3.64. The van der Waals surface area contributed by atoms with Crippen LogP contribution in [0.15, 0.2) is 155 Å². The molecule has 10 nitrogen and oxygen atoms in total. The normalized spacial score (nSPS) is 18.4. The van der Waals surface area contributed by atoms with E-state index in [2.05, 4.69) is 155 Å². The second-order valence-electron chi connectivity index (χ2n) is 13.3. The number of amidine groups is 1. The van der Waals surface area contributed by atoms with Crippen LogP contribution in [0.1, 0.15) is 22.7 Å². The Bertz CT molecular complexity index is 2600. The highest BCUT2D eigenvalue weighted by Crippen LogP contribution is 2.53. The van der Waals surface area contributed by atoms with Crippen molar-refractivity contribution in [2.75, 3.05) is 19.1 Å². The molecule has 1 fully saturated rings. The summed E-state index contributed by atoms with van der Waals surface area (Å²) in [6.07, 6.45) is 8.65. The minimum Gasteiger partial charge on any atom is -0.282 e. The first-order chi connectivity index (χ1) is 25.8. The third-order valence-corrected chi connectivity index (χ3v) is 11.3. The van der Waals surface area contributed by atoms with E-state index in [1.54, 1.807) is 23.9 Å². The number of nitro benzene ring substituents is 1. The van der Waals surface area contributed by atoms with Crippen molar-refractivity contribution in [2.24, 2.45) is 19.1 Å². The molecule has 260 valence electrons. The highest BCUT2D eigenvalue weighted by Gasteiger charge is 2.48. The molecule has 3 aliphatic rings. The Balaban J connectivity index is 1.26. The summed E-state index contributed by atoms with van der Waals surface area (Å²) in [7, 11) is 8.26. The maximum atomic E-state index is 11.8. The zero-order valence-corrected chi connectivity index (χ0v) is 30.5. The number of benzene rings is 4. The van der Waals surface area contributed by atoms with Gasteiger partial charge >= 0.3 is 0 Å². The van der Waals surface area contributed by atoms with Crippen molar-refractivity contribution in [3.05, 3.63) is 177 Å². The largest absolute Gasteiger partial charge is 0.282 e. The van der Waals surface area contributed by atoms with Gasteiger partial charge in [-0.25, -0.2) is 24.1 Å². The van der Waals surface area contributed by atoms with Crippen molar-refractivity contribution in [3.63, 3.8) is 0 Å². The fourth-order valence-electron chi connectivity index (χ4n) is 7.59. The predicted molar refractivity (Wildman–Crippen MR) is 210 cm³/mol. The molecule has 0 saturated carbocycles. The molecule has 4 aromatic carbocycles. The Morgan fingerprint density at radius 1 is 0.736 bits per heavy atom. The summed E-state index contributed by atoms with van der Waals surface area (Å²) in [6.45, 7) is 0. The zero-order valence-electron chi connectivity index (χ0n) is 29.7. The first-order valence-electron chi connectivity index (χ1n) is 17.3. The van der Waals surface area contributed by atoms with Gasteiger partial charge < -0.3 is 0 Å². The summed E-state index contributed by atoms with van der Waals surface area (Å²) >= 11 is 1.62. The SMILES string of the molecule is CN1/C(=C\c2cc[n+](C)c3ccccc23)C2=C(N=C3S/C(=C/c4cc[n+](C)c5ccccc45)N(C)N3C2c2ccc([N+](=O)[O-])cc2)N1c1ccccc1. The molecule has 0 spiro atoms. The van der Waals surface area contributed by atoms with Crippen LogP contribution in [0.2, 0.25) is 0 Å². The van der Waals surface area contributed by atoms with Gasteiger partial charge in [0, 0.05) is 50.5 Å². The molecule has 0 radical (unpaired) electrons. The lowest BCUT2D eigenvalue weighted by molar-refractivity contribution is -0.645. The number of anilines is 1. The second-order valence-corrected chi connectivity index (χ2v) is 14.3. The summed E-state index contributed by atoms with van der Waals surface area (Å²) < 4.78 is 4.27. The summed E-state index contributed by atoms with van der Waals surface area (Å²) in [4.78, 5) is 16.9. The van der Waals surface area contributed by atoms with Crippen LogP contribution >= 0.6 is 11.8 Å². The Morgan fingerprint density at radius 2 is 1.32 bits per heavy atom. The van der Waals surface area contributed by atoms with Crippen LogP contribution in [-0.2, 0) is 14.1 Å². The molecule has 3 aliphatic heterocycles. The molecular weight excluding hydrogens is 681 g/mol. The van der Waals surface area contributed by atoms with Gasteiger partial charge in [0.15, 0.2) is 23.4 Å². The Kier molecular flexibility index (Phi) is 7.74. The molecule has 2 aromatic heterocycles. The van der Waals surface area contributed by atoms with Crippen molar-refractivity contribution in [1.82, 2.24) is 15.0 Å². The third kappa shape index (κ3) is 5.31. The quantitative estimate of drug-likeness (QED) is 0.104. The van der Waals surface area contributed by atoms with Crippen LogP contribution in [0.25, 0.3) is 34.0 Å². The fourth-order valence-corrected chi connectivity index (χ4v) is 8.63. The maximum absolute atomic E-state index is 11.8. The minimum atomic E-state index is -0.361. The number of hydrogen-bond acceptors (Lipinski definition) is 8. The van der Waals surface area contributed by atoms with Gasteiger partial charge in [-0.3, -0.25) is 20.1 Å². The number of aliphatic imine (C=N–C) groups is 1. The summed E-state index contributed by atoms with van der Waals surface area (Å²) in [5.74, 6) is 0.810. The summed E-state index contributed by atoms with van der Waals surface area (Å²) in [6, 6.07) is 38.0. The van der Waals surface area contributed by atoms with Gasteiger partial charge in [-0.05, 0) is 77.0 Å². The van der Waals surface area contributed by atoms with Crippen LogP contribution < -0.4 is 14.1 Å². The Hall–Kier alpha value is -6.46. The number of hydrogen-bond donors (Lipinski definition) is 0. The average molecular weight is 717 g/mol. The molecule has 53 heavy (non-hydrogen) atoms. The van der Waals surface area contributed by atoms with E-state index in [4.69, 9.17) is 4.99 Å². The summed E-state index contributed by atoms with van der Waals surface area (Å²) in [5, 5.41) is 24.6. The molecule has 0 N–H and O–H groups in total. The van der Waals surface area contributed by atoms with Gasteiger partial charge in [-0.1, -0.05) is 42.5 Å². The highest BCUT2D eigenvalue weighted by molar-refractivity contribution is 8.17. The van der Waals surface area contributed by atoms with Crippen LogP contribution in [-0.4, -0.2) is 39.2 Å². The molecular formula is C42H36N8O2S+2. The zero-order chi connectivity index (χ0) is 36.4. The van der Waals surface area contributed by atoms with Gasteiger partial charge in [-0.15, -0.1) is 0 Å². The molecule has 0 bridgehead atoms. The number of aromatic nitrogens is 2. The van der Waals surface area contributed by atoms with E-state index in [-0.39, 0.29) is 16.7 Å². The standard InChI is InChI=1S/C42H36N8O2S/c1-44-24-22-29(33-14-8-10-16-35(33)44)26-37-39-40(28-18-20-32(21-19-28)50(51)52)49-42(43-41(39)48(46(37)3)31-12-6-5-7-13-31)53-38(47(49)4)27-30-23-25-45(2)36-17-11-9-15-34(30)36/h5-27,40H,1-4H3/q+2.